The molecule has 2 bridgehead atoms. The minimum Gasteiger partial charge on any atom is -0.481 e. The Balaban J connectivity index is 1.21. The Morgan fingerprint density at radius 1 is 0.679 bits per heavy atom. The molecule has 21 atom stereocenters. The van der Waals surface area contributed by atoms with Gasteiger partial charge in [0.1, 0.15) is 73.2 Å². The highest BCUT2D eigenvalue weighted by atomic mass is 16.8. The first-order valence-electron chi connectivity index (χ1n) is 19.9. The lowest BCUT2D eigenvalue weighted by Crippen LogP contribution is -2.68. The zero-order chi connectivity index (χ0) is 40.7. The Bertz CT molecular complexity index is 1450. The van der Waals surface area contributed by atoms with Crippen molar-refractivity contribution in [1.29, 1.82) is 0 Å². The summed E-state index contributed by atoms with van der Waals surface area (Å²) in [6.07, 6.45) is -19.3. The van der Waals surface area contributed by atoms with Gasteiger partial charge in [0.2, 0.25) is 0 Å². The Kier molecular flexibility index (Phi) is 11.9. The van der Waals surface area contributed by atoms with E-state index in [9.17, 15) is 61.0 Å². The Morgan fingerprint density at radius 2 is 1.20 bits per heavy atom. The molecule has 7 aliphatic rings. The van der Waals surface area contributed by atoms with E-state index in [0.29, 0.717) is 32.1 Å². The van der Waals surface area contributed by atoms with E-state index in [1.165, 1.54) is 0 Å². The summed E-state index contributed by atoms with van der Waals surface area (Å²) >= 11 is 0. The van der Waals surface area contributed by atoms with Crippen LogP contribution in [0.4, 0.5) is 0 Å². The summed E-state index contributed by atoms with van der Waals surface area (Å²) in [7, 11) is 0. The van der Waals surface area contributed by atoms with Crippen molar-refractivity contribution in [1.82, 2.24) is 0 Å². The number of aliphatic hydroxyl groups is 10. The fraction of sp³-hybridized carbons (Fsp3) is 0.921. The van der Waals surface area contributed by atoms with E-state index in [-0.39, 0.29) is 22.7 Å². The van der Waals surface area contributed by atoms with Crippen molar-refractivity contribution in [3.8, 4) is 0 Å². The minimum atomic E-state index is -1.91. The van der Waals surface area contributed by atoms with E-state index in [1.807, 2.05) is 6.92 Å². The molecule has 11 N–H and O–H groups in total. The first-order chi connectivity index (χ1) is 26.4. The maximum atomic E-state index is 12.7. The van der Waals surface area contributed by atoms with Gasteiger partial charge >= 0.3 is 5.97 Å². The quantitative estimate of drug-likeness (QED) is 0.0812. The summed E-state index contributed by atoms with van der Waals surface area (Å²) in [5, 5.41) is 116. The molecule has 320 valence electrons. The van der Waals surface area contributed by atoms with E-state index in [1.54, 1.807) is 0 Å². The molecule has 56 heavy (non-hydrogen) atoms. The number of hydrogen-bond acceptors (Lipinski definition) is 17. The van der Waals surface area contributed by atoms with Gasteiger partial charge in [-0.2, -0.15) is 0 Å². The van der Waals surface area contributed by atoms with Crippen molar-refractivity contribution in [3.63, 3.8) is 0 Å². The Morgan fingerprint density at radius 3 is 1.75 bits per heavy atom. The molecule has 1 spiro atoms. The molecule has 4 saturated carbocycles. The maximum absolute atomic E-state index is 12.7. The van der Waals surface area contributed by atoms with E-state index < -0.39 is 129 Å². The molecule has 0 amide bonds. The van der Waals surface area contributed by atoms with Crippen LogP contribution in [0, 0.1) is 28.1 Å². The predicted octanol–water partition coefficient (Wildman–Crippen LogP) is -2.37. The van der Waals surface area contributed by atoms with Gasteiger partial charge in [-0.3, -0.25) is 4.79 Å². The normalized spacial score (nSPS) is 54.6. The van der Waals surface area contributed by atoms with Crippen LogP contribution in [0.1, 0.15) is 71.6 Å². The van der Waals surface area contributed by atoms with Crippen molar-refractivity contribution in [3.05, 3.63) is 12.2 Å². The molecule has 0 radical (unpaired) electrons. The monoisotopic (exact) mass is 804 g/mol. The molecule has 3 aliphatic heterocycles. The highest BCUT2D eigenvalue weighted by molar-refractivity contribution is 5.75. The smallest absolute Gasteiger partial charge is 0.309 e. The molecule has 18 heteroatoms. The summed E-state index contributed by atoms with van der Waals surface area (Å²) in [6, 6.07) is 0. The fourth-order valence-corrected chi connectivity index (χ4v) is 12.1. The van der Waals surface area contributed by atoms with Gasteiger partial charge in [-0.15, -0.1) is 0 Å². The molecule has 7 rings (SSSR count). The van der Waals surface area contributed by atoms with Crippen molar-refractivity contribution in [2.45, 2.75) is 169 Å². The molecule has 0 aromatic carbocycles. The van der Waals surface area contributed by atoms with Gasteiger partial charge in [-0.1, -0.05) is 19.9 Å². The number of hydrogen-bond donors (Lipinski definition) is 11. The minimum absolute atomic E-state index is 0.00993. The molecular weight excluding hydrogens is 744 g/mol. The van der Waals surface area contributed by atoms with Crippen molar-refractivity contribution >= 4 is 5.97 Å². The Labute approximate surface area is 324 Å². The zero-order valence-corrected chi connectivity index (χ0v) is 31.8. The second-order valence-corrected chi connectivity index (χ2v) is 18.0. The molecule has 18 nitrogen and oxygen atoms in total. The zero-order valence-electron chi connectivity index (χ0n) is 31.8. The molecular formula is C38H60O18. The highest BCUT2D eigenvalue weighted by Gasteiger charge is 2.69. The number of carboxylic acids is 1. The van der Waals surface area contributed by atoms with E-state index in [0.717, 1.165) is 31.3 Å². The van der Waals surface area contributed by atoms with Crippen LogP contribution in [0.2, 0.25) is 0 Å². The largest absolute Gasteiger partial charge is 0.481 e. The average molecular weight is 805 g/mol. The van der Waals surface area contributed by atoms with Crippen molar-refractivity contribution < 1.29 is 89.4 Å². The summed E-state index contributed by atoms with van der Waals surface area (Å²) in [6.45, 7) is 6.28. The lowest BCUT2D eigenvalue weighted by molar-refractivity contribution is -0.400. The first-order valence-corrected chi connectivity index (χ1v) is 19.9. The molecule has 3 saturated heterocycles. The van der Waals surface area contributed by atoms with Crippen LogP contribution in [0.5, 0.6) is 0 Å². The van der Waals surface area contributed by atoms with Crippen molar-refractivity contribution in [2.75, 3.05) is 19.8 Å². The summed E-state index contributed by atoms with van der Waals surface area (Å²) < 4.78 is 36.7. The van der Waals surface area contributed by atoms with Gasteiger partial charge in [0.25, 0.3) is 0 Å². The van der Waals surface area contributed by atoms with E-state index >= 15 is 0 Å². The van der Waals surface area contributed by atoms with Crippen LogP contribution in [0.25, 0.3) is 0 Å². The summed E-state index contributed by atoms with van der Waals surface area (Å²) in [5.74, 6) is -0.606. The predicted molar refractivity (Wildman–Crippen MR) is 187 cm³/mol. The number of carboxylic acid groups (broad SMARTS) is 1. The second-order valence-electron chi connectivity index (χ2n) is 18.0. The van der Waals surface area contributed by atoms with E-state index in [2.05, 4.69) is 13.5 Å². The molecule has 7 fully saturated rings. The molecule has 4 aliphatic carbocycles. The molecule has 18 unspecified atom stereocenters. The van der Waals surface area contributed by atoms with Crippen LogP contribution in [0.15, 0.2) is 12.2 Å². The van der Waals surface area contributed by atoms with Gasteiger partial charge in [-0.25, -0.2) is 0 Å². The second kappa shape index (κ2) is 15.6. The first kappa shape index (κ1) is 42.7. The number of ether oxygens (including phenoxy) is 6. The van der Waals surface area contributed by atoms with E-state index in [4.69, 9.17) is 28.4 Å². The average Bonchev–Trinajstić information content (AvgIpc) is 3.36. The van der Waals surface area contributed by atoms with Crippen LogP contribution in [0.3, 0.4) is 0 Å². The number of aliphatic carboxylic acids is 1. The third kappa shape index (κ3) is 6.69. The van der Waals surface area contributed by atoms with Gasteiger partial charge in [0.05, 0.1) is 30.8 Å². The van der Waals surface area contributed by atoms with Crippen LogP contribution < -0.4 is 0 Å². The SMILES string of the molecule is C=C1CC23CCC4[C@](C)(C(=O)O)CCC[C@@]4(C)[C@@H]2CCC1(OC1OC(CO)C(O)C(OC2OC(CO)C(O)C(O)C2O)C1OC1OC(CO)C(O)C(O)C1O)C3. The number of fused-ring (bicyclic) bond motifs is 3. The van der Waals surface area contributed by atoms with Gasteiger partial charge < -0.3 is 84.6 Å². The highest BCUT2D eigenvalue weighted by Crippen LogP contribution is 2.73. The lowest BCUT2D eigenvalue weighted by atomic mass is 9.41. The number of carbonyl (C=O) groups is 1. The third-order valence-corrected chi connectivity index (χ3v) is 15.0. The lowest BCUT2D eigenvalue weighted by Gasteiger charge is -2.64. The molecule has 0 aromatic rings. The van der Waals surface area contributed by atoms with Gasteiger partial charge in [0, 0.05) is 0 Å². The van der Waals surface area contributed by atoms with Crippen molar-refractivity contribution in [2.24, 2.45) is 28.1 Å². The fourth-order valence-electron chi connectivity index (χ4n) is 12.1. The summed E-state index contributed by atoms with van der Waals surface area (Å²) in [5.41, 5.74) is -1.63. The molecule has 0 aromatic heterocycles. The standard InChI is InChI=1S/C38H60O18/c1-16-11-37-9-5-20-35(2,7-4-8-36(20,3)34(49)50)21(37)6-10-38(16,15-37)56-33-30(55-32-28(48)26(46)23(43)18(13-40)52-32)29(24(44)19(14-41)53-33)54-31-27(47)25(45)22(42)17(12-39)51-31/h17-33,39-48H,1,4-15H2,2-3H3,(H,49,50)/t17?,18?,19?,20?,21-,22?,23?,24?,25?,26?,27?,28?,29?,30?,31?,32?,33?,35+,36+,37?,38?/m0/s1. The van der Waals surface area contributed by atoms with Crippen LogP contribution in [-0.2, 0) is 33.2 Å². The van der Waals surface area contributed by atoms with Gasteiger partial charge in [0.15, 0.2) is 18.9 Å². The maximum Gasteiger partial charge on any atom is 0.309 e. The number of aliphatic hydroxyl groups excluding tert-OH is 10. The summed E-state index contributed by atoms with van der Waals surface area (Å²) in [4.78, 5) is 12.7. The number of rotatable bonds is 10. The van der Waals surface area contributed by atoms with Gasteiger partial charge in [-0.05, 0) is 86.5 Å². The van der Waals surface area contributed by atoms with Crippen LogP contribution in [-0.4, -0.2) is 180 Å². The topological polar surface area (TPSA) is 295 Å². The van der Waals surface area contributed by atoms with Crippen LogP contribution >= 0.6 is 0 Å². The third-order valence-electron chi connectivity index (χ3n) is 15.0. The Hall–Kier alpha value is -1.43. The molecule has 3 heterocycles.